The Morgan fingerprint density at radius 2 is 1.50 bits per heavy atom. The van der Waals surface area contributed by atoms with Crippen molar-refractivity contribution in [2.75, 3.05) is 9.71 Å². The molecule has 116 valence electrons. The standard InChI is InChI=1S/C19H15BN2O2/c20-22-18(24)12-17(23)21(14-7-2-1-3-8-14)16-11-10-13-6-4-5-9-15(13)19(16)22/h1-11H,12,20H2. The minimum Gasteiger partial charge on any atom is -0.363 e. The van der Waals surface area contributed by atoms with E-state index in [2.05, 4.69) is 0 Å². The molecule has 2 amide bonds. The van der Waals surface area contributed by atoms with Crippen molar-refractivity contribution in [2.24, 2.45) is 0 Å². The minimum absolute atomic E-state index is 0.144. The van der Waals surface area contributed by atoms with Crippen LogP contribution < -0.4 is 9.71 Å². The van der Waals surface area contributed by atoms with Crippen LogP contribution in [0.25, 0.3) is 10.8 Å². The zero-order valence-electron chi connectivity index (χ0n) is 13.3. The lowest BCUT2D eigenvalue weighted by Crippen LogP contribution is -2.29. The molecule has 0 radical (unpaired) electrons. The number of hydrogen-bond donors (Lipinski definition) is 0. The molecule has 0 unspecified atom stereocenters. The molecule has 0 spiro atoms. The fraction of sp³-hybridized carbons (Fsp3) is 0.0526. The van der Waals surface area contributed by atoms with Crippen molar-refractivity contribution in [1.82, 2.24) is 0 Å². The number of benzene rings is 3. The Labute approximate surface area is 140 Å². The molecule has 1 aliphatic rings. The lowest BCUT2D eigenvalue weighted by Gasteiger charge is -2.25. The summed E-state index contributed by atoms with van der Waals surface area (Å²) in [4.78, 5) is 28.5. The number of nitrogens with zero attached hydrogens (tertiary/aromatic N) is 2. The molecule has 1 aliphatic heterocycles. The molecule has 0 aromatic heterocycles. The van der Waals surface area contributed by atoms with E-state index < -0.39 is 0 Å². The van der Waals surface area contributed by atoms with Crippen LogP contribution in [-0.2, 0) is 9.59 Å². The van der Waals surface area contributed by atoms with E-state index in [0.717, 1.165) is 27.8 Å². The van der Waals surface area contributed by atoms with Gasteiger partial charge in [-0.25, -0.2) is 0 Å². The second kappa shape index (κ2) is 5.53. The van der Waals surface area contributed by atoms with Crippen molar-refractivity contribution in [3.63, 3.8) is 0 Å². The fourth-order valence-electron chi connectivity index (χ4n) is 3.22. The highest BCUT2D eigenvalue weighted by Crippen LogP contribution is 2.41. The highest BCUT2D eigenvalue weighted by molar-refractivity contribution is 6.38. The van der Waals surface area contributed by atoms with Crippen LogP contribution in [-0.4, -0.2) is 19.8 Å². The highest BCUT2D eigenvalue weighted by atomic mass is 16.2. The summed E-state index contributed by atoms with van der Waals surface area (Å²) in [6.07, 6.45) is -0.144. The lowest BCUT2D eigenvalue weighted by atomic mass is 10.0. The van der Waals surface area contributed by atoms with Crippen molar-refractivity contribution < 1.29 is 9.59 Å². The van der Waals surface area contributed by atoms with E-state index in [0.29, 0.717) is 0 Å². The Morgan fingerprint density at radius 3 is 2.29 bits per heavy atom. The predicted octanol–water partition coefficient (Wildman–Crippen LogP) is 2.79. The van der Waals surface area contributed by atoms with Crippen molar-refractivity contribution in [2.45, 2.75) is 6.42 Å². The van der Waals surface area contributed by atoms with Crippen molar-refractivity contribution in [3.05, 3.63) is 66.7 Å². The third-order valence-electron chi connectivity index (χ3n) is 4.40. The van der Waals surface area contributed by atoms with Gasteiger partial charge < -0.3 is 4.81 Å². The molecule has 0 N–H and O–H groups in total. The first-order valence-electron chi connectivity index (χ1n) is 7.83. The first kappa shape index (κ1) is 14.5. The van der Waals surface area contributed by atoms with Crippen LogP contribution in [0.4, 0.5) is 17.1 Å². The van der Waals surface area contributed by atoms with Gasteiger partial charge in [0.25, 0.3) is 0 Å². The number of carbonyl (C=O) groups excluding carboxylic acids is 2. The molecule has 0 saturated heterocycles. The number of carbonyl (C=O) groups is 2. The third-order valence-corrected chi connectivity index (χ3v) is 4.40. The van der Waals surface area contributed by atoms with Gasteiger partial charge in [-0.1, -0.05) is 48.5 Å². The van der Waals surface area contributed by atoms with Gasteiger partial charge in [-0.15, -0.1) is 0 Å². The topological polar surface area (TPSA) is 40.6 Å². The molecule has 0 atom stereocenters. The molecule has 4 nitrogen and oxygen atoms in total. The zero-order chi connectivity index (χ0) is 16.7. The maximum atomic E-state index is 12.7. The first-order chi connectivity index (χ1) is 11.7. The first-order valence-corrected chi connectivity index (χ1v) is 7.83. The molecule has 5 heteroatoms. The van der Waals surface area contributed by atoms with Gasteiger partial charge in [0.2, 0.25) is 19.8 Å². The number of fused-ring (bicyclic) bond motifs is 3. The van der Waals surface area contributed by atoms with Crippen molar-refractivity contribution in [1.29, 1.82) is 0 Å². The van der Waals surface area contributed by atoms with Crippen LogP contribution in [0, 0.1) is 0 Å². The van der Waals surface area contributed by atoms with Crippen molar-refractivity contribution >= 4 is 47.6 Å². The number of hydrogen-bond acceptors (Lipinski definition) is 2. The molecular formula is C19H15BN2O2. The smallest absolute Gasteiger partial charge is 0.241 e. The van der Waals surface area contributed by atoms with Crippen LogP contribution in [0.3, 0.4) is 0 Å². The van der Waals surface area contributed by atoms with Crippen molar-refractivity contribution in [3.8, 4) is 0 Å². The second-order valence-corrected chi connectivity index (χ2v) is 5.85. The van der Waals surface area contributed by atoms with Gasteiger partial charge in [-0.3, -0.25) is 14.5 Å². The number of amides is 2. The van der Waals surface area contributed by atoms with Gasteiger partial charge in [-0.05, 0) is 23.6 Å². The highest BCUT2D eigenvalue weighted by Gasteiger charge is 2.31. The zero-order valence-corrected chi connectivity index (χ0v) is 13.3. The van der Waals surface area contributed by atoms with E-state index in [1.807, 2.05) is 66.7 Å². The second-order valence-electron chi connectivity index (χ2n) is 5.85. The molecule has 1 heterocycles. The fourth-order valence-corrected chi connectivity index (χ4v) is 3.22. The Balaban J connectivity index is 2.05. The summed E-state index contributed by atoms with van der Waals surface area (Å²) in [6, 6.07) is 21.3. The largest absolute Gasteiger partial charge is 0.363 e. The van der Waals surface area contributed by atoms with E-state index in [1.54, 1.807) is 17.7 Å². The van der Waals surface area contributed by atoms with E-state index in [-0.39, 0.29) is 18.2 Å². The number of rotatable bonds is 1. The minimum atomic E-state index is -0.216. The average molecular weight is 314 g/mol. The summed E-state index contributed by atoms with van der Waals surface area (Å²) in [5, 5.41) is 2.00. The van der Waals surface area contributed by atoms with Gasteiger partial charge >= 0.3 is 0 Å². The molecule has 4 rings (SSSR count). The Kier molecular flexibility index (Phi) is 3.34. The monoisotopic (exact) mass is 314 g/mol. The molecule has 3 aromatic rings. The molecular weight excluding hydrogens is 299 g/mol. The van der Waals surface area contributed by atoms with Crippen LogP contribution in [0.2, 0.25) is 0 Å². The summed E-state index contributed by atoms with van der Waals surface area (Å²) in [7, 11) is 1.73. The normalized spacial score (nSPS) is 14.7. The van der Waals surface area contributed by atoms with E-state index in [1.165, 1.54) is 0 Å². The van der Waals surface area contributed by atoms with Crippen LogP contribution in [0.15, 0.2) is 66.7 Å². The molecule has 3 aromatic carbocycles. The molecule has 0 bridgehead atoms. The Bertz CT molecular complexity index is 956. The summed E-state index contributed by atoms with van der Waals surface area (Å²) in [6.45, 7) is 0. The van der Waals surface area contributed by atoms with Gasteiger partial charge in [0, 0.05) is 11.1 Å². The SMILES string of the molecule is BN1C(=O)CC(=O)N(c2ccccc2)c2ccc3ccccc3c21. The lowest BCUT2D eigenvalue weighted by molar-refractivity contribution is -0.125. The van der Waals surface area contributed by atoms with Gasteiger partial charge in [-0.2, -0.15) is 0 Å². The summed E-state index contributed by atoms with van der Waals surface area (Å²) >= 11 is 0. The van der Waals surface area contributed by atoms with Crippen LogP contribution >= 0.6 is 0 Å². The summed E-state index contributed by atoms with van der Waals surface area (Å²) < 4.78 is 0. The predicted molar refractivity (Wildman–Crippen MR) is 98.2 cm³/mol. The van der Waals surface area contributed by atoms with Crippen LogP contribution in [0.5, 0.6) is 0 Å². The number of para-hydroxylation sites is 1. The maximum Gasteiger partial charge on any atom is 0.241 e. The quantitative estimate of drug-likeness (QED) is 0.512. The van der Waals surface area contributed by atoms with E-state index in [4.69, 9.17) is 0 Å². The van der Waals surface area contributed by atoms with E-state index in [9.17, 15) is 9.59 Å². The van der Waals surface area contributed by atoms with Gasteiger partial charge in [0.15, 0.2) is 0 Å². The van der Waals surface area contributed by atoms with E-state index >= 15 is 0 Å². The summed E-state index contributed by atoms with van der Waals surface area (Å²) in [5.74, 6) is -0.414. The Morgan fingerprint density at radius 1 is 0.792 bits per heavy atom. The van der Waals surface area contributed by atoms with Gasteiger partial charge in [0.05, 0.1) is 11.4 Å². The number of anilines is 3. The molecule has 24 heavy (non-hydrogen) atoms. The molecule has 0 saturated carbocycles. The Hall–Kier alpha value is -3.08. The maximum absolute atomic E-state index is 12.7. The third kappa shape index (κ3) is 2.17. The van der Waals surface area contributed by atoms with Crippen LogP contribution in [0.1, 0.15) is 6.42 Å². The summed E-state index contributed by atoms with van der Waals surface area (Å²) in [5.41, 5.74) is 2.27. The average Bonchev–Trinajstić information content (AvgIpc) is 2.70. The molecule has 0 aliphatic carbocycles. The molecule has 0 fully saturated rings. The van der Waals surface area contributed by atoms with Gasteiger partial charge in [0.1, 0.15) is 6.42 Å².